The second kappa shape index (κ2) is 6.17. The number of benzene rings is 3. The predicted molar refractivity (Wildman–Crippen MR) is 99.4 cm³/mol. The molecule has 0 saturated heterocycles. The van der Waals surface area contributed by atoms with Crippen molar-refractivity contribution in [2.75, 3.05) is 0 Å². The van der Waals surface area contributed by atoms with Crippen molar-refractivity contribution in [1.29, 1.82) is 0 Å². The molecule has 3 aromatic rings. The Morgan fingerprint density at radius 1 is 0.692 bits per heavy atom. The molecule has 0 radical (unpaired) electrons. The number of carbonyl (C=O) groups is 1. The zero-order valence-corrected chi connectivity index (χ0v) is 14.7. The van der Waals surface area contributed by atoms with E-state index in [0.29, 0.717) is 40.7 Å². The highest BCUT2D eigenvalue weighted by Gasteiger charge is 2.27. The second-order valence-corrected chi connectivity index (χ2v) is 6.90. The first-order valence-electron chi connectivity index (χ1n) is 8.68. The van der Waals surface area contributed by atoms with E-state index in [0.717, 1.165) is 16.7 Å². The van der Waals surface area contributed by atoms with E-state index < -0.39 is 0 Å². The van der Waals surface area contributed by atoms with Crippen molar-refractivity contribution in [1.82, 2.24) is 0 Å². The van der Waals surface area contributed by atoms with Crippen molar-refractivity contribution in [3.63, 3.8) is 0 Å². The monoisotopic (exact) mass is 348 g/mol. The summed E-state index contributed by atoms with van der Waals surface area (Å²) in [6.07, 6.45) is 0.966. The van der Waals surface area contributed by atoms with E-state index in [1.54, 1.807) is 36.4 Å². The van der Waals surface area contributed by atoms with Crippen LogP contribution in [0, 0.1) is 25.5 Å². The molecule has 0 atom stereocenters. The van der Waals surface area contributed by atoms with Gasteiger partial charge < -0.3 is 0 Å². The molecule has 0 fully saturated rings. The number of fused-ring (bicyclic) bond motifs is 1. The number of hydrogen-bond acceptors (Lipinski definition) is 1. The topological polar surface area (TPSA) is 17.1 Å². The molecule has 26 heavy (non-hydrogen) atoms. The number of Topliss-reactive ketones (excluding diaryl/α,β-unsaturated/α-hetero) is 1. The van der Waals surface area contributed by atoms with Crippen LogP contribution in [0.15, 0.2) is 48.5 Å². The summed E-state index contributed by atoms with van der Waals surface area (Å²) in [6.45, 7) is 3.79. The van der Waals surface area contributed by atoms with Gasteiger partial charge in [0.2, 0.25) is 0 Å². The number of aryl methyl sites for hydroxylation is 2. The number of hydrogen-bond donors (Lipinski definition) is 0. The minimum atomic E-state index is -0.363. The number of ketones is 1. The predicted octanol–water partition coefficient (Wildman–Crippen LogP) is 6.04. The zero-order chi connectivity index (χ0) is 18.4. The van der Waals surface area contributed by atoms with Gasteiger partial charge in [0.15, 0.2) is 5.78 Å². The molecule has 3 aromatic carbocycles. The van der Waals surface area contributed by atoms with Crippen LogP contribution in [0.4, 0.5) is 8.78 Å². The smallest absolute Gasteiger partial charge is 0.163 e. The Balaban J connectivity index is 2.09. The maximum Gasteiger partial charge on any atom is 0.163 e. The van der Waals surface area contributed by atoms with Gasteiger partial charge in [0.1, 0.15) is 11.6 Å². The van der Waals surface area contributed by atoms with Gasteiger partial charge in [0.05, 0.1) is 0 Å². The van der Waals surface area contributed by atoms with E-state index in [4.69, 9.17) is 0 Å². The molecule has 1 aliphatic rings. The molecule has 0 N–H and O–H groups in total. The summed E-state index contributed by atoms with van der Waals surface area (Å²) in [5.74, 6) is -0.655. The van der Waals surface area contributed by atoms with Crippen molar-refractivity contribution in [2.45, 2.75) is 26.7 Å². The Labute approximate surface area is 151 Å². The van der Waals surface area contributed by atoms with Gasteiger partial charge in [-0.25, -0.2) is 8.78 Å². The summed E-state index contributed by atoms with van der Waals surface area (Å²) in [4.78, 5) is 12.2. The van der Waals surface area contributed by atoms with Crippen LogP contribution >= 0.6 is 0 Å². The molecular weight excluding hydrogens is 330 g/mol. The average molecular weight is 348 g/mol. The lowest BCUT2D eigenvalue weighted by Crippen LogP contribution is -1.99. The molecule has 1 aliphatic carbocycles. The molecule has 4 rings (SSSR count). The van der Waals surface area contributed by atoms with Crippen LogP contribution in [-0.4, -0.2) is 5.78 Å². The largest absolute Gasteiger partial charge is 0.294 e. The maximum atomic E-state index is 14.7. The minimum absolute atomic E-state index is 0.0607. The number of carbonyl (C=O) groups excluding carboxylic acids is 1. The first kappa shape index (κ1) is 16.6. The lowest BCUT2D eigenvalue weighted by atomic mass is 9.87. The third-order valence-corrected chi connectivity index (χ3v) is 5.02. The summed E-state index contributed by atoms with van der Waals surface area (Å²) in [5, 5.41) is 0. The highest BCUT2D eigenvalue weighted by atomic mass is 19.1. The SMILES string of the molecule is Cc1ccc(F)c(-c2ccc3c(c2-c2cc(C)ccc2F)CCC3=O)c1. The Bertz CT molecular complexity index is 1050. The van der Waals surface area contributed by atoms with Crippen molar-refractivity contribution in [2.24, 2.45) is 0 Å². The van der Waals surface area contributed by atoms with Crippen LogP contribution in [0.25, 0.3) is 22.3 Å². The molecular formula is C23H18F2O. The van der Waals surface area contributed by atoms with Crippen molar-refractivity contribution >= 4 is 5.78 Å². The quantitative estimate of drug-likeness (QED) is 0.551. The highest BCUT2D eigenvalue weighted by molar-refractivity contribution is 6.04. The Morgan fingerprint density at radius 2 is 1.27 bits per heavy atom. The third-order valence-electron chi connectivity index (χ3n) is 5.02. The molecule has 0 aromatic heterocycles. The van der Waals surface area contributed by atoms with E-state index in [1.165, 1.54) is 12.1 Å². The van der Waals surface area contributed by atoms with Crippen LogP contribution in [0.1, 0.15) is 33.5 Å². The van der Waals surface area contributed by atoms with Gasteiger partial charge in [-0.05, 0) is 61.2 Å². The third kappa shape index (κ3) is 2.64. The number of halogens is 2. The maximum absolute atomic E-state index is 14.7. The molecule has 1 nitrogen and oxygen atoms in total. The van der Waals surface area contributed by atoms with E-state index >= 15 is 0 Å². The Hall–Kier alpha value is -2.81. The lowest BCUT2D eigenvalue weighted by Gasteiger charge is -2.17. The van der Waals surface area contributed by atoms with Crippen LogP contribution < -0.4 is 0 Å². The fraction of sp³-hybridized carbons (Fsp3) is 0.174. The van der Waals surface area contributed by atoms with Gasteiger partial charge >= 0.3 is 0 Å². The van der Waals surface area contributed by atoms with Gasteiger partial charge in [-0.15, -0.1) is 0 Å². The standard InChI is InChI=1S/C23H18F2O/c1-13-3-8-20(24)18(11-13)17-6-5-15-16(7-10-22(15)26)23(17)19-12-14(2)4-9-21(19)25/h3-6,8-9,11-12H,7,10H2,1-2H3. The first-order valence-corrected chi connectivity index (χ1v) is 8.68. The normalized spacial score (nSPS) is 13.2. The Morgan fingerprint density at radius 3 is 1.96 bits per heavy atom. The molecule has 3 heteroatoms. The molecule has 0 amide bonds. The fourth-order valence-electron chi connectivity index (χ4n) is 3.75. The minimum Gasteiger partial charge on any atom is -0.294 e. The molecule has 0 unspecified atom stereocenters. The van der Waals surface area contributed by atoms with Crippen LogP contribution in [0.3, 0.4) is 0 Å². The Kier molecular flexibility index (Phi) is 3.95. The van der Waals surface area contributed by atoms with E-state index in [2.05, 4.69) is 0 Å². The summed E-state index contributed by atoms with van der Waals surface area (Å²) in [6, 6.07) is 13.3. The van der Waals surface area contributed by atoms with E-state index in [1.807, 2.05) is 13.8 Å². The molecule has 0 bridgehead atoms. The molecule has 130 valence electrons. The fourth-order valence-corrected chi connectivity index (χ4v) is 3.75. The first-order chi connectivity index (χ1) is 12.5. The highest BCUT2D eigenvalue weighted by Crippen LogP contribution is 2.42. The van der Waals surface area contributed by atoms with Crippen LogP contribution in [0.5, 0.6) is 0 Å². The van der Waals surface area contributed by atoms with Gasteiger partial charge in [-0.3, -0.25) is 4.79 Å². The van der Waals surface area contributed by atoms with Crippen molar-refractivity contribution in [3.8, 4) is 22.3 Å². The summed E-state index contributed by atoms with van der Waals surface area (Å²) in [5.41, 5.74) is 5.40. The molecule has 0 heterocycles. The van der Waals surface area contributed by atoms with E-state index in [-0.39, 0.29) is 17.4 Å². The van der Waals surface area contributed by atoms with Crippen LogP contribution in [0.2, 0.25) is 0 Å². The lowest BCUT2D eigenvalue weighted by molar-refractivity contribution is 0.0994. The summed E-state index contributed by atoms with van der Waals surface area (Å²) < 4.78 is 29.3. The van der Waals surface area contributed by atoms with Crippen molar-refractivity contribution in [3.05, 3.63) is 82.4 Å². The summed E-state index contributed by atoms with van der Waals surface area (Å²) in [7, 11) is 0. The van der Waals surface area contributed by atoms with Gasteiger partial charge in [-0.1, -0.05) is 35.4 Å². The number of rotatable bonds is 2. The average Bonchev–Trinajstić information content (AvgIpc) is 3.00. The molecule has 0 spiro atoms. The van der Waals surface area contributed by atoms with Gasteiger partial charge in [0.25, 0.3) is 0 Å². The van der Waals surface area contributed by atoms with Gasteiger partial charge in [-0.2, -0.15) is 0 Å². The van der Waals surface area contributed by atoms with Crippen molar-refractivity contribution < 1.29 is 13.6 Å². The second-order valence-electron chi connectivity index (χ2n) is 6.90. The molecule has 0 aliphatic heterocycles. The van der Waals surface area contributed by atoms with Gasteiger partial charge in [0, 0.05) is 23.1 Å². The molecule has 0 saturated carbocycles. The zero-order valence-electron chi connectivity index (χ0n) is 14.7. The van der Waals surface area contributed by atoms with E-state index in [9.17, 15) is 13.6 Å². The summed E-state index contributed by atoms with van der Waals surface area (Å²) >= 11 is 0. The van der Waals surface area contributed by atoms with Crippen LogP contribution in [-0.2, 0) is 6.42 Å².